The van der Waals surface area contributed by atoms with Crippen molar-refractivity contribution in [3.63, 3.8) is 0 Å². The topological polar surface area (TPSA) is 52.7 Å². The number of amides is 2. The van der Waals surface area contributed by atoms with Crippen molar-refractivity contribution in [2.45, 2.75) is 33.1 Å². The average Bonchev–Trinajstić information content (AvgIpc) is 2.60. The summed E-state index contributed by atoms with van der Waals surface area (Å²) in [5, 5.41) is 2.90. The highest BCUT2D eigenvalue weighted by Crippen LogP contribution is 2.15. The second-order valence-corrected chi connectivity index (χ2v) is 6.70. The number of nitrogens with one attached hydrogen (secondary N) is 1. The first-order valence-corrected chi connectivity index (χ1v) is 8.89. The predicted octanol–water partition coefficient (Wildman–Crippen LogP) is 2.73. The number of hydrogen-bond donors (Lipinski definition) is 1. The molecule has 0 spiro atoms. The second-order valence-electron chi connectivity index (χ2n) is 6.70. The number of ketones is 1. The summed E-state index contributed by atoms with van der Waals surface area (Å²) in [5.41, 5.74) is 2.01. The quantitative estimate of drug-likeness (QED) is 0.816. The molecule has 2 rings (SSSR count). The summed E-state index contributed by atoms with van der Waals surface area (Å²) in [6, 6.07) is 7.92. The molecule has 5 nitrogen and oxygen atoms in total. The first kappa shape index (κ1) is 18.5. The lowest BCUT2D eigenvalue weighted by molar-refractivity contribution is 0.0878. The van der Waals surface area contributed by atoms with E-state index in [2.05, 4.69) is 24.1 Å². The van der Waals surface area contributed by atoms with Crippen LogP contribution in [0.1, 0.15) is 49.0 Å². The average molecular weight is 331 g/mol. The smallest absolute Gasteiger partial charge is 0.317 e. The van der Waals surface area contributed by atoms with E-state index in [4.69, 9.17) is 0 Å². The molecule has 1 N–H and O–H groups in total. The molecule has 0 radical (unpaired) electrons. The van der Waals surface area contributed by atoms with Crippen LogP contribution in [0.4, 0.5) is 4.79 Å². The van der Waals surface area contributed by atoms with E-state index in [-0.39, 0.29) is 11.8 Å². The third kappa shape index (κ3) is 5.06. The molecular formula is C19H29N3O2. The van der Waals surface area contributed by atoms with Gasteiger partial charge in [-0.15, -0.1) is 0 Å². The summed E-state index contributed by atoms with van der Waals surface area (Å²) < 4.78 is 0. The molecule has 1 aliphatic heterocycles. The van der Waals surface area contributed by atoms with Crippen LogP contribution in [0.2, 0.25) is 0 Å². The van der Waals surface area contributed by atoms with Gasteiger partial charge in [-0.3, -0.25) is 9.69 Å². The molecule has 0 unspecified atom stereocenters. The third-order valence-corrected chi connectivity index (χ3v) is 4.45. The Morgan fingerprint density at radius 3 is 2.25 bits per heavy atom. The Morgan fingerprint density at radius 2 is 1.71 bits per heavy atom. The van der Waals surface area contributed by atoms with E-state index in [1.54, 1.807) is 0 Å². The zero-order chi connectivity index (χ0) is 17.5. The minimum Gasteiger partial charge on any atom is -0.338 e. The first-order valence-electron chi connectivity index (χ1n) is 8.89. The molecule has 5 heteroatoms. The van der Waals surface area contributed by atoms with Gasteiger partial charge in [-0.1, -0.05) is 45.0 Å². The fourth-order valence-electron chi connectivity index (χ4n) is 2.80. The molecule has 0 saturated carbocycles. The molecule has 1 aromatic rings. The monoisotopic (exact) mass is 331 g/mol. The maximum absolute atomic E-state index is 12.4. The van der Waals surface area contributed by atoms with Crippen LogP contribution in [-0.4, -0.2) is 60.9 Å². The van der Waals surface area contributed by atoms with Crippen molar-refractivity contribution in [3.8, 4) is 0 Å². The van der Waals surface area contributed by atoms with Crippen LogP contribution in [0.15, 0.2) is 24.3 Å². The number of carbonyl (C=O) groups excluding carboxylic acids is 2. The van der Waals surface area contributed by atoms with E-state index in [0.29, 0.717) is 32.1 Å². The van der Waals surface area contributed by atoms with Crippen molar-refractivity contribution in [2.75, 3.05) is 39.3 Å². The number of carbonyl (C=O) groups is 2. The van der Waals surface area contributed by atoms with Crippen molar-refractivity contribution in [2.24, 2.45) is 0 Å². The molecule has 1 heterocycles. The van der Waals surface area contributed by atoms with E-state index >= 15 is 0 Å². The number of benzene rings is 1. The normalized spacial score (nSPS) is 15.6. The van der Waals surface area contributed by atoms with Crippen LogP contribution in [-0.2, 0) is 0 Å². The van der Waals surface area contributed by atoms with E-state index in [1.807, 2.05) is 36.1 Å². The zero-order valence-corrected chi connectivity index (χ0v) is 15.0. The van der Waals surface area contributed by atoms with Gasteiger partial charge in [0.25, 0.3) is 0 Å². The Hall–Kier alpha value is -1.88. The molecule has 1 saturated heterocycles. The zero-order valence-electron chi connectivity index (χ0n) is 15.0. The fraction of sp³-hybridized carbons (Fsp3) is 0.579. The van der Waals surface area contributed by atoms with Crippen LogP contribution >= 0.6 is 0 Å². The number of piperazine rings is 1. The molecule has 0 aliphatic carbocycles. The Kier molecular flexibility index (Phi) is 6.79. The number of urea groups is 1. The Bertz CT molecular complexity index is 546. The highest BCUT2D eigenvalue weighted by atomic mass is 16.2. The van der Waals surface area contributed by atoms with Gasteiger partial charge in [-0.2, -0.15) is 0 Å². The maximum Gasteiger partial charge on any atom is 0.317 e. The van der Waals surface area contributed by atoms with Crippen molar-refractivity contribution in [3.05, 3.63) is 35.4 Å². The Labute approximate surface area is 145 Å². The second kappa shape index (κ2) is 8.83. The molecule has 2 amide bonds. The summed E-state index contributed by atoms with van der Waals surface area (Å²) in [4.78, 5) is 28.3. The molecular weight excluding hydrogens is 302 g/mol. The molecule has 24 heavy (non-hydrogen) atoms. The molecule has 0 bridgehead atoms. The third-order valence-electron chi connectivity index (χ3n) is 4.45. The minimum absolute atomic E-state index is 0.00657. The fourth-order valence-corrected chi connectivity index (χ4v) is 2.80. The van der Waals surface area contributed by atoms with E-state index in [9.17, 15) is 9.59 Å². The van der Waals surface area contributed by atoms with Gasteiger partial charge in [0, 0.05) is 38.3 Å². The van der Waals surface area contributed by atoms with Gasteiger partial charge < -0.3 is 10.2 Å². The standard InChI is InChI=1S/C19H29N3O2/c1-4-9-20-19(24)22-12-10-21(11-13-22)14-18(23)17-7-5-16(6-8-17)15(2)3/h5-8,15H,4,9-14H2,1-3H3,(H,20,24). The van der Waals surface area contributed by atoms with E-state index in [1.165, 1.54) is 5.56 Å². The molecule has 1 fully saturated rings. The molecule has 0 aromatic heterocycles. The van der Waals surface area contributed by atoms with Crippen LogP contribution in [0, 0.1) is 0 Å². The largest absolute Gasteiger partial charge is 0.338 e. The maximum atomic E-state index is 12.4. The van der Waals surface area contributed by atoms with Gasteiger partial charge in [-0.25, -0.2) is 4.79 Å². The summed E-state index contributed by atoms with van der Waals surface area (Å²) in [6.07, 6.45) is 0.940. The number of rotatable bonds is 6. The Balaban J connectivity index is 1.80. The lowest BCUT2D eigenvalue weighted by Crippen LogP contribution is -2.52. The van der Waals surface area contributed by atoms with Gasteiger partial charge >= 0.3 is 6.03 Å². The van der Waals surface area contributed by atoms with E-state index in [0.717, 1.165) is 25.1 Å². The van der Waals surface area contributed by atoms with Gasteiger partial charge in [0.1, 0.15) is 0 Å². The van der Waals surface area contributed by atoms with Crippen LogP contribution < -0.4 is 5.32 Å². The first-order chi connectivity index (χ1) is 11.5. The minimum atomic E-state index is 0.00657. The van der Waals surface area contributed by atoms with Crippen molar-refractivity contribution < 1.29 is 9.59 Å². The number of hydrogen-bond acceptors (Lipinski definition) is 3. The summed E-state index contributed by atoms with van der Waals surface area (Å²) in [7, 11) is 0. The lowest BCUT2D eigenvalue weighted by atomic mass is 10.0. The highest BCUT2D eigenvalue weighted by Gasteiger charge is 2.22. The van der Waals surface area contributed by atoms with Crippen molar-refractivity contribution in [1.29, 1.82) is 0 Å². The lowest BCUT2D eigenvalue weighted by Gasteiger charge is -2.34. The number of nitrogens with zero attached hydrogens (tertiary/aromatic N) is 2. The predicted molar refractivity (Wildman–Crippen MR) is 96.6 cm³/mol. The molecule has 1 aliphatic rings. The van der Waals surface area contributed by atoms with Gasteiger partial charge in [-0.05, 0) is 17.9 Å². The summed E-state index contributed by atoms with van der Waals surface area (Å²) in [6.45, 7) is 10.3. The summed E-state index contributed by atoms with van der Waals surface area (Å²) >= 11 is 0. The molecule has 0 atom stereocenters. The van der Waals surface area contributed by atoms with Gasteiger partial charge in [0.15, 0.2) is 5.78 Å². The SMILES string of the molecule is CCCNC(=O)N1CCN(CC(=O)c2ccc(C(C)C)cc2)CC1. The van der Waals surface area contributed by atoms with Gasteiger partial charge in [0.2, 0.25) is 0 Å². The summed E-state index contributed by atoms with van der Waals surface area (Å²) in [5.74, 6) is 0.621. The van der Waals surface area contributed by atoms with E-state index < -0.39 is 0 Å². The highest BCUT2D eigenvalue weighted by molar-refractivity contribution is 5.97. The van der Waals surface area contributed by atoms with Gasteiger partial charge in [0.05, 0.1) is 6.54 Å². The van der Waals surface area contributed by atoms with Crippen molar-refractivity contribution >= 4 is 11.8 Å². The van der Waals surface area contributed by atoms with Crippen LogP contribution in [0.25, 0.3) is 0 Å². The Morgan fingerprint density at radius 1 is 1.08 bits per heavy atom. The molecule has 132 valence electrons. The van der Waals surface area contributed by atoms with Crippen molar-refractivity contribution in [1.82, 2.24) is 15.1 Å². The number of Topliss-reactive ketones (excluding diaryl/α,β-unsaturated/α-hetero) is 1. The van der Waals surface area contributed by atoms with Crippen LogP contribution in [0.5, 0.6) is 0 Å². The molecule has 1 aromatic carbocycles. The van der Waals surface area contributed by atoms with Crippen LogP contribution in [0.3, 0.4) is 0 Å².